The van der Waals surface area contributed by atoms with E-state index in [1.807, 2.05) is 0 Å². The Kier molecular flexibility index (Phi) is 6.90. The molecule has 0 aliphatic rings. The summed E-state index contributed by atoms with van der Waals surface area (Å²) >= 11 is 11.8. The fourth-order valence-electron chi connectivity index (χ4n) is 2.45. The Morgan fingerprint density at radius 3 is 2.17 bits per heavy atom. The minimum absolute atomic E-state index is 0.125. The van der Waals surface area contributed by atoms with Gasteiger partial charge in [-0.25, -0.2) is 9.75 Å². The van der Waals surface area contributed by atoms with Crippen LogP contribution in [0.2, 0.25) is 10.0 Å². The van der Waals surface area contributed by atoms with E-state index in [0.717, 1.165) is 0 Å². The maximum Gasteiger partial charge on any atom is 0.436 e. The Hall–Kier alpha value is -2.49. The number of nitriles is 1. The molecule has 1 aromatic carbocycles. The van der Waals surface area contributed by atoms with Crippen LogP contribution < -0.4 is 5.06 Å². The SMILES string of the molecule is CCON(CC=O)c1c(C#N)c(C(F)(F)F)nn1-c1c(Cl)cc(C(F)(F)F)cc1Cl. The topological polar surface area (TPSA) is 71.2 Å². The molecule has 2 aromatic rings. The predicted molar refractivity (Wildman–Crippen MR) is 93.3 cm³/mol. The highest BCUT2D eigenvalue weighted by molar-refractivity contribution is 6.38. The van der Waals surface area contributed by atoms with Gasteiger partial charge in [0.1, 0.15) is 30.2 Å². The van der Waals surface area contributed by atoms with Crippen LogP contribution in [0.4, 0.5) is 32.2 Å². The minimum atomic E-state index is -5.12. The number of nitrogens with zero attached hydrogens (tertiary/aromatic N) is 4. The smallest absolute Gasteiger partial charge is 0.301 e. The van der Waals surface area contributed by atoms with Crippen molar-refractivity contribution in [3.8, 4) is 11.8 Å². The second-order valence-electron chi connectivity index (χ2n) is 5.50. The Morgan fingerprint density at radius 1 is 1.20 bits per heavy atom. The molecule has 2 rings (SSSR count). The molecule has 0 unspecified atom stereocenters. The van der Waals surface area contributed by atoms with Gasteiger partial charge in [0.05, 0.1) is 22.2 Å². The molecule has 162 valence electrons. The normalized spacial score (nSPS) is 12.0. The van der Waals surface area contributed by atoms with E-state index in [-0.39, 0.29) is 12.9 Å². The minimum Gasteiger partial charge on any atom is -0.301 e. The van der Waals surface area contributed by atoms with Crippen molar-refractivity contribution in [3.63, 3.8) is 0 Å². The van der Waals surface area contributed by atoms with Crippen molar-refractivity contribution in [1.82, 2.24) is 9.78 Å². The summed E-state index contributed by atoms with van der Waals surface area (Å²) in [5.74, 6) is -0.678. The molecule has 0 atom stereocenters. The molecule has 0 fully saturated rings. The average molecular weight is 475 g/mol. The molecular weight excluding hydrogens is 465 g/mol. The van der Waals surface area contributed by atoms with Crippen LogP contribution in [0, 0.1) is 11.3 Å². The van der Waals surface area contributed by atoms with E-state index in [9.17, 15) is 36.4 Å². The Labute approximate surface area is 175 Å². The van der Waals surface area contributed by atoms with Crippen molar-refractivity contribution >= 4 is 35.3 Å². The van der Waals surface area contributed by atoms with E-state index in [2.05, 4.69) is 5.10 Å². The molecule has 6 nitrogen and oxygen atoms in total. The van der Waals surface area contributed by atoms with Crippen LogP contribution in [0.3, 0.4) is 0 Å². The average Bonchev–Trinajstić information content (AvgIpc) is 2.99. The second-order valence-corrected chi connectivity index (χ2v) is 6.31. The van der Waals surface area contributed by atoms with Gasteiger partial charge >= 0.3 is 12.4 Å². The maximum atomic E-state index is 13.4. The van der Waals surface area contributed by atoms with Crippen LogP contribution in [-0.4, -0.2) is 29.2 Å². The number of hydrogen-bond acceptors (Lipinski definition) is 5. The van der Waals surface area contributed by atoms with Gasteiger partial charge in [-0.3, -0.25) is 4.84 Å². The summed E-state index contributed by atoms with van der Waals surface area (Å²) in [6, 6.07) is 2.21. The summed E-state index contributed by atoms with van der Waals surface area (Å²) in [5.41, 5.74) is -4.52. The first-order valence-corrected chi connectivity index (χ1v) is 8.63. The zero-order valence-electron chi connectivity index (χ0n) is 14.8. The summed E-state index contributed by atoms with van der Waals surface area (Å²) in [6.07, 6.45) is -9.67. The molecule has 14 heteroatoms. The number of carbonyl (C=O) groups is 1. The van der Waals surface area contributed by atoms with Crippen molar-refractivity contribution in [2.45, 2.75) is 19.3 Å². The summed E-state index contributed by atoms with van der Waals surface area (Å²) in [6.45, 7) is 0.703. The first-order chi connectivity index (χ1) is 13.9. The number of hydroxylamine groups is 1. The zero-order valence-corrected chi connectivity index (χ0v) is 16.3. The third-order valence-corrected chi connectivity index (χ3v) is 4.14. The van der Waals surface area contributed by atoms with Gasteiger partial charge in [-0.2, -0.15) is 36.7 Å². The molecule has 1 heterocycles. The molecular formula is C16H10Cl2F6N4O2. The lowest BCUT2D eigenvalue weighted by Gasteiger charge is -2.23. The largest absolute Gasteiger partial charge is 0.436 e. The summed E-state index contributed by atoms with van der Waals surface area (Å²) in [5, 5.41) is 11.9. The summed E-state index contributed by atoms with van der Waals surface area (Å²) in [4.78, 5) is 16.1. The van der Waals surface area contributed by atoms with Crippen LogP contribution >= 0.6 is 23.2 Å². The fraction of sp³-hybridized carbons (Fsp3) is 0.312. The molecule has 0 aliphatic carbocycles. The molecule has 0 N–H and O–H groups in total. The highest BCUT2D eigenvalue weighted by atomic mass is 35.5. The lowest BCUT2D eigenvalue weighted by molar-refractivity contribution is -0.141. The fourth-order valence-corrected chi connectivity index (χ4v) is 3.10. The van der Waals surface area contributed by atoms with Crippen molar-refractivity contribution in [2.75, 3.05) is 18.2 Å². The zero-order chi connectivity index (χ0) is 22.9. The first kappa shape index (κ1) is 23.8. The number of anilines is 1. The number of aldehydes is 1. The van der Waals surface area contributed by atoms with Crippen LogP contribution in [-0.2, 0) is 22.0 Å². The van der Waals surface area contributed by atoms with Crippen LogP contribution in [0.5, 0.6) is 0 Å². The number of aromatic nitrogens is 2. The molecule has 0 saturated carbocycles. The van der Waals surface area contributed by atoms with Gasteiger partial charge in [-0.15, -0.1) is 0 Å². The van der Waals surface area contributed by atoms with Gasteiger partial charge < -0.3 is 4.79 Å². The van der Waals surface area contributed by atoms with Gasteiger partial charge in [0, 0.05) is 0 Å². The van der Waals surface area contributed by atoms with Crippen LogP contribution in [0.15, 0.2) is 12.1 Å². The Balaban J connectivity index is 2.91. The quantitative estimate of drug-likeness (QED) is 0.333. The number of rotatable bonds is 6. The highest BCUT2D eigenvalue weighted by Gasteiger charge is 2.42. The number of hydrogen-bond donors (Lipinski definition) is 0. The molecule has 0 amide bonds. The molecule has 0 radical (unpaired) electrons. The van der Waals surface area contributed by atoms with Crippen LogP contribution in [0.25, 0.3) is 5.69 Å². The van der Waals surface area contributed by atoms with E-state index in [4.69, 9.17) is 28.0 Å². The molecule has 0 spiro atoms. The van der Waals surface area contributed by atoms with E-state index in [1.54, 1.807) is 0 Å². The third-order valence-electron chi connectivity index (χ3n) is 3.56. The standard InChI is InChI=1S/C16H10Cl2F6N4O2/c1-2-30-27(3-4-29)14-9(7-25)13(16(22,23)24)26-28(14)12-10(17)5-8(6-11(12)18)15(19,20)21/h4-6H,2-3H2,1H3. The third kappa shape index (κ3) is 4.63. The number of alkyl halides is 6. The second kappa shape index (κ2) is 8.71. The molecule has 0 aliphatic heterocycles. The van der Waals surface area contributed by atoms with Crippen molar-refractivity contribution < 1.29 is 36.0 Å². The molecule has 30 heavy (non-hydrogen) atoms. The molecule has 0 saturated heterocycles. The maximum absolute atomic E-state index is 13.4. The first-order valence-electron chi connectivity index (χ1n) is 7.87. The predicted octanol–water partition coefficient (Wildman–Crippen LogP) is 5.05. The van der Waals surface area contributed by atoms with Crippen molar-refractivity contribution in [3.05, 3.63) is 39.0 Å². The van der Waals surface area contributed by atoms with Gasteiger partial charge in [0.25, 0.3) is 0 Å². The summed E-state index contributed by atoms with van der Waals surface area (Å²) < 4.78 is 79.6. The Morgan fingerprint density at radius 2 is 1.77 bits per heavy atom. The van der Waals surface area contributed by atoms with Crippen molar-refractivity contribution in [1.29, 1.82) is 5.26 Å². The lowest BCUT2D eigenvalue weighted by Crippen LogP contribution is -2.28. The lowest BCUT2D eigenvalue weighted by atomic mass is 10.2. The monoisotopic (exact) mass is 474 g/mol. The molecule has 0 bridgehead atoms. The van der Waals surface area contributed by atoms with Gasteiger partial charge in [-0.05, 0) is 19.1 Å². The van der Waals surface area contributed by atoms with Crippen molar-refractivity contribution in [2.24, 2.45) is 0 Å². The number of benzene rings is 1. The Bertz CT molecular complexity index is 974. The van der Waals surface area contributed by atoms with E-state index < -0.39 is 57.3 Å². The van der Waals surface area contributed by atoms with Crippen LogP contribution in [0.1, 0.15) is 23.7 Å². The highest BCUT2D eigenvalue weighted by Crippen LogP contribution is 2.42. The number of halogens is 8. The van der Waals surface area contributed by atoms with E-state index in [1.165, 1.54) is 13.0 Å². The number of carbonyl (C=O) groups excluding carboxylic acids is 1. The molecule has 1 aromatic heterocycles. The summed E-state index contributed by atoms with van der Waals surface area (Å²) in [7, 11) is 0. The van der Waals surface area contributed by atoms with E-state index >= 15 is 0 Å². The van der Waals surface area contributed by atoms with Gasteiger partial charge in [0.15, 0.2) is 11.5 Å². The van der Waals surface area contributed by atoms with Gasteiger partial charge in [0.2, 0.25) is 0 Å². The van der Waals surface area contributed by atoms with E-state index in [0.29, 0.717) is 21.9 Å². The van der Waals surface area contributed by atoms with Gasteiger partial charge in [-0.1, -0.05) is 23.2 Å².